The maximum Gasteiger partial charge on any atom is 0.161 e. The molecule has 0 fully saturated rings. The van der Waals surface area contributed by atoms with Crippen molar-refractivity contribution in [2.75, 3.05) is 35.5 Å². The molecule has 1 N–H and O–H groups in total. The zero-order chi connectivity index (χ0) is 37.6. The van der Waals surface area contributed by atoms with Crippen molar-refractivity contribution in [3.8, 4) is 0 Å². The van der Waals surface area contributed by atoms with E-state index < -0.39 is 5.79 Å². The molecule has 4 heteroatoms. The van der Waals surface area contributed by atoms with E-state index in [0.29, 0.717) is 0 Å². The third-order valence-electron chi connectivity index (χ3n) is 7.87. The molecular weight excluding hydrogens is 580 g/mol. The van der Waals surface area contributed by atoms with Crippen molar-refractivity contribution in [3.63, 3.8) is 0 Å². The Morgan fingerprint density at radius 1 is 0.468 bits per heavy atom. The molecule has 0 aliphatic heterocycles. The minimum absolute atomic E-state index is 0.0706. The van der Waals surface area contributed by atoms with Crippen molar-refractivity contribution in [1.29, 1.82) is 0 Å². The first-order valence-electron chi connectivity index (χ1n) is 17.4. The van der Waals surface area contributed by atoms with E-state index in [4.69, 9.17) is 14.6 Å². The highest BCUT2D eigenvalue weighted by Gasteiger charge is 2.40. The van der Waals surface area contributed by atoms with E-state index in [1.54, 1.807) is 28.4 Å². The van der Waals surface area contributed by atoms with Crippen LogP contribution < -0.4 is 0 Å². The molecule has 0 radical (unpaired) electrons. The smallest absolute Gasteiger partial charge is 0.161 e. The molecule has 0 aliphatic carbocycles. The largest absolute Gasteiger partial charge is 0.400 e. The van der Waals surface area contributed by atoms with Gasteiger partial charge in [0.2, 0.25) is 0 Å². The number of benzene rings is 3. The molecule has 2 unspecified atom stereocenters. The van der Waals surface area contributed by atoms with E-state index in [2.05, 4.69) is 130 Å². The van der Waals surface area contributed by atoms with E-state index in [1.165, 1.54) is 16.7 Å². The van der Waals surface area contributed by atoms with Crippen molar-refractivity contribution in [2.24, 2.45) is 0 Å². The molecule has 4 nitrogen and oxygen atoms in total. The average Bonchev–Trinajstić information content (AvgIpc) is 3.13. The fourth-order valence-corrected chi connectivity index (χ4v) is 5.29. The van der Waals surface area contributed by atoms with Gasteiger partial charge in [-0.2, -0.15) is 0 Å². The van der Waals surface area contributed by atoms with Crippen LogP contribution in [-0.4, -0.2) is 46.4 Å². The zero-order valence-electron chi connectivity index (χ0n) is 34.0. The van der Waals surface area contributed by atoms with Gasteiger partial charge in [-0.25, -0.2) is 0 Å². The Labute approximate surface area is 293 Å². The predicted molar refractivity (Wildman–Crippen MR) is 210 cm³/mol. The van der Waals surface area contributed by atoms with Gasteiger partial charge in [-0.15, -0.1) is 0 Å². The van der Waals surface area contributed by atoms with Gasteiger partial charge >= 0.3 is 0 Å². The second-order valence-corrected chi connectivity index (χ2v) is 12.0. The van der Waals surface area contributed by atoms with Gasteiger partial charge in [0.05, 0.1) is 0 Å². The fraction of sp³-hybridized carbons (Fsp3) is 0.581. The van der Waals surface area contributed by atoms with Crippen LogP contribution >= 0.6 is 0 Å². The van der Waals surface area contributed by atoms with Crippen LogP contribution in [0.5, 0.6) is 0 Å². The Kier molecular flexibility index (Phi) is 32.4. The number of methoxy groups -OCH3 is 3. The van der Waals surface area contributed by atoms with Crippen LogP contribution in [0.4, 0.5) is 0 Å². The van der Waals surface area contributed by atoms with E-state index in [-0.39, 0.29) is 16.2 Å². The Bertz CT molecular complexity index is 1030. The molecule has 0 spiro atoms. The minimum atomic E-state index is -0.417. The molecule has 47 heavy (non-hydrogen) atoms. The molecule has 0 aliphatic rings. The minimum Gasteiger partial charge on any atom is -0.400 e. The summed E-state index contributed by atoms with van der Waals surface area (Å²) in [4.78, 5) is 0. The van der Waals surface area contributed by atoms with Gasteiger partial charge in [0.15, 0.2) is 5.79 Å². The summed E-state index contributed by atoms with van der Waals surface area (Å²) in [6.45, 7) is 27.8. The SMILES string of the molecule is CC.CC.CC.CCC(C)(CC(C)(CC(C)(C)c1ccccc1)c1ccccc1)c1ccccc1.CO.COC.COC(C)(C)OC. The molecule has 2 atom stereocenters. The lowest BCUT2D eigenvalue weighted by atomic mass is 9.60. The summed E-state index contributed by atoms with van der Waals surface area (Å²) in [6, 6.07) is 33.2. The van der Waals surface area contributed by atoms with E-state index in [1.807, 2.05) is 55.4 Å². The van der Waals surface area contributed by atoms with Crippen molar-refractivity contribution in [1.82, 2.24) is 0 Å². The highest BCUT2D eigenvalue weighted by molar-refractivity contribution is 5.33. The second kappa shape index (κ2) is 29.6. The summed E-state index contributed by atoms with van der Waals surface area (Å²) in [7, 11) is 7.48. The van der Waals surface area contributed by atoms with Crippen molar-refractivity contribution in [2.45, 2.75) is 131 Å². The molecule has 3 aromatic rings. The van der Waals surface area contributed by atoms with Gasteiger partial charge in [-0.1, -0.05) is 167 Å². The van der Waals surface area contributed by atoms with E-state index in [0.717, 1.165) is 26.4 Å². The normalized spacial score (nSPS) is 12.6. The summed E-state index contributed by atoms with van der Waals surface area (Å²) in [5.41, 5.74) is 4.61. The lowest BCUT2D eigenvalue weighted by molar-refractivity contribution is -0.178. The van der Waals surface area contributed by atoms with Crippen LogP contribution in [0.1, 0.15) is 126 Å². The highest BCUT2D eigenvalue weighted by atomic mass is 16.7. The van der Waals surface area contributed by atoms with E-state index >= 15 is 0 Å². The summed E-state index contributed by atoms with van der Waals surface area (Å²) in [5.74, 6) is -0.417. The highest BCUT2D eigenvalue weighted by Crippen LogP contribution is 2.47. The lowest BCUT2D eigenvalue weighted by Crippen LogP contribution is -2.38. The standard InChI is InChI=1S/C29H36.C5H12O2.C2H6O.3C2H6.CH4O/c1-6-28(4,25-18-12-8-13-19-25)23-29(5,26-20-14-9-15-21-26)22-27(2,3)24-16-10-7-11-17-24;1-5(2,6-3)7-4;1-3-2;4*1-2/h7-21H,6,22-23H2,1-5H3;1-4H3;1-2H3;3*1-2H3;2H,1H3. The molecular formula is C43H76O4. The summed E-state index contributed by atoms with van der Waals surface area (Å²) in [5, 5.41) is 7.00. The van der Waals surface area contributed by atoms with Gasteiger partial charge in [0, 0.05) is 35.5 Å². The molecule has 0 amide bonds. The first-order valence-corrected chi connectivity index (χ1v) is 17.4. The summed E-state index contributed by atoms with van der Waals surface area (Å²) < 4.78 is 14.0. The van der Waals surface area contributed by atoms with Crippen LogP contribution in [0.15, 0.2) is 91.0 Å². The molecule has 272 valence electrons. The molecule has 0 saturated heterocycles. The van der Waals surface area contributed by atoms with Crippen molar-refractivity contribution in [3.05, 3.63) is 108 Å². The Morgan fingerprint density at radius 2 is 0.745 bits per heavy atom. The fourth-order valence-electron chi connectivity index (χ4n) is 5.29. The van der Waals surface area contributed by atoms with Gasteiger partial charge in [-0.05, 0) is 66.0 Å². The Hall–Kier alpha value is -2.50. The number of hydrogen-bond acceptors (Lipinski definition) is 4. The first kappa shape index (κ1) is 51.3. The third-order valence-corrected chi connectivity index (χ3v) is 7.87. The molecule has 0 heterocycles. The van der Waals surface area contributed by atoms with E-state index in [9.17, 15) is 0 Å². The first-order chi connectivity index (χ1) is 22.3. The maximum absolute atomic E-state index is 7.00. The summed E-state index contributed by atoms with van der Waals surface area (Å²) >= 11 is 0. The number of aliphatic hydroxyl groups is 1. The topological polar surface area (TPSA) is 47.9 Å². The monoisotopic (exact) mass is 657 g/mol. The Morgan fingerprint density at radius 3 is 1.00 bits per heavy atom. The van der Waals surface area contributed by atoms with Gasteiger partial charge in [0.1, 0.15) is 0 Å². The lowest BCUT2D eigenvalue weighted by Gasteiger charge is -2.44. The zero-order valence-corrected chi connectivity index (χ0v) is 34.0. The van der Waals surface area contributed by atoms with Gasteiger partial charge in [0.25, 0.3) is 0 Å². The number of ether oxygens (including phenoxy) is 3. The van der Waals surface area contributed by atoms with Crippen molar-refractivity contribution < 1.29 is 19.3 Å². The molecule has 0 bridgehead atoms. The molecule has 0 saturated carbocycles. The Balaban J connectivity index is -0.000000431. The van der Waals surface area contributed by atoms with Gasteiger partial charge < -0.3 is 19.3 Å². The van der Waals surface area contributed by atoms with Crippen LogP contribution in [0.3, 0.4) is 0 Å². The maximum atomic E-state index is 7.00. The van der Waals surface area contributed by atoms with Crippen LogP contribution in [0, 0.1) is 0 Å². The molecule has 0 aromatic heterocycles. The second-order valence-electron chi connectivity index (χ2n) is 12.0. The van der Waals surface area contributed by atoms with Crippen LogP contribution in [0.2, 0.25) is 0 Å². The predicted octanol–water partition coefficient (Wildman–Crippen LogP) is 12.0. The average molecular weight is 657 g/mol. The quantitative estimate of drug-likeness (QED) is 0.221. The molecule has 3 rings (SSSR count). The number of rotatable bonds is 10. The van der Waals surface area contributed by atoms with Crippen LogP contribution in [-0.2, 0) is 30.5 Å². The number of hydrogen-bond donors (Lipinski definition) is 1. The van der Waals surface area contributed by atoms with Crippen LogP contribution in [0.25, 0.3) is 0 Å². The van der Waals surface area contributed by atoms with Crippen molar-refractivity contribution >= 4 is 0 Å². The third kappa shape index (κ3) is 20.5. The molecule has 3 aromatic carbocycles. The van der Waals surface area contributed by atoms with Gasteiger partial charge in [-0.3, -0.25) is 0 Å². The summed E-state index contributed by atoms with van der Waals surface area (Å²) in [6.07, 6.45) is 3.36. The number of aliphatic hydroxyl groups excluding tert-OH is 1.